The highest BCUT2D eigenvalue weighted by molar-refractivity contribution is 5.88. The highest BCUT2D eigenvalue weighted by Crippen LogP contribution is 2.22. The molecule has 0 aliphatic carbocycles. The summed E-state index contributed by atoms with van der Waals surface area (Å²) in [6.07, 6.45) is 0. The monoisotopic (exact) mass is 324 g/mol. The third-order valence-electron chi connectivity index (χ3n) is 4.14. The van der Waals surface area contributed by atoms with Crippen LogP contribution in [-0.2, 0) is 16.8 Å². The van der Waals surface area contributed by atoms with Gasteiger partial charge >= 0.3 is 0 Å². The lowest BCUT2D eigenvalue weighted by Gasteiger charge is -2.20. The standard InChI is InChI=1S/C21H28N2O/c1-15(18-7-6-8-20(13-18)23-16(2)24)22-14-17-9-11-19(12-10-17)21(3,4)5/h6-13,15,22H,14H2,1-5H3,(H,23,24). The van der Waals surface area contributed by atoms with Crippen LogP contribution in [0.1, 0.15) is 57.4 Å². The molecular weight excluding hydrogens is 296 g/mol. The Balaban J connectivity index is 1.98. The molecule has 0 bridgehead atoms. The van der Waals surface area contributed by atoms with Crippen molar-refractivity contribution in [3.8, 4) is 0 Å². The van der Waals surface area contributed by atoms with E-state index in [9.17, 15) is 4.79 Å². The minimum Gasteiger partial charge on any atom is -0.326 e. The van der Waals surface area contributed by atoms with Gasteiger partial charge in [-0.05, 0) is 41.2 Å². The molecule has 0 radical (unpaired) electrons. The van der Waals surface area contributed by atoms with Crippen LogP contribution in [0.3, 0.4) is 0 Å². The Morgan fingerprint density at radius 1 is 1.08 bits per heavy atom. The summed E-state index contributed by atoms with van der Waals surface area (Å²) in [5, 5.41) is 6.37. The van der Waals surface area contributed by atoms with E-state index >= 15 is 0 Å². The van der Waals surface area contributed by atoms with Crippen LogP contribution in [0.2, 0.25) is 0 Å². The van der Waals surface area contributed by atoms with Crippen molar-refractivity contribution in [2.75, 3.05) is 5.32 Å². The molecule has 1 unspecified atom stereocenters. The first-order valence-corrected chi connectivity index (χ1v) is 8.46. The molecule has 2 aromatic rings. The van der Waals surface area contributed by atoms with E-state index in [1.165, 1.54) is 18.1 Å². The molecule has 1 atom stereocenters. The van der Waals surface area contributed by atoms with E-state index in [0.29, 0.717) is 0 Å². The van der Waals surface area contributed by atoms with Crippen LogP contribution >= 0.6 is 0 Å². The van der Waals surface area contributed by atoms with Gasteiger partial charge in [-0.15, -0.1) is 0 Å². The normalized spacial score (nSPS) is 12.7. The van der Waals surface area contributed by atoms with Crippen LogP contribution < -0.4 is 10.6 Å². The van der Waals surface area contributed by atoms with E-state index in [1.54, 1.807) is 0 Å². The van der Waals surface area contributed by atoms with Crippen LogP contribution in [0.25, 0.3) is 0 Å². The van der Waals surface area contributed by atoms with Gasteiger partial charge in [-0.2, -0.15) is 0 Å². The lowest BCUT2D eigenvalue weighted by atomic mass is 9.87. The number of carbonyl (C=O) groups is 1. The molecule has 0 saturated carbocycles. The van der Waals surface area contributed by atoms with Gasteiger partial charge in [-0.1, -0.05) is 57.2 Å². The summed E-state index contributed by atoms with van der Waals surface area (Å²) in [5.41, 5.74) is 4.80. The van der Waals surface area contributed by atoms with Gasteiger partial charge < -0.3 is 10.6 Å². The third kappa shape index (κ3) is 5.20. The molecule has 0 heterocycles. The first-order valence-electron chi connectivity index (χ1n) is 8.46. The fourth-order valence-electron chi connectivity index (χ4n) is 2.60. The zero-order valence-corrected chi connectivity index (χ0v) is 15.3. The van der Waals surface area contributed by atoms with E-state index < -0.39 is 0 Å². The van der Waals surface area contributed by atoms with Crippen LogP contribution in [0.4, 0.5) is 5.69 Å². The second-order valence-electron chi connectivity index (χ2n) is 7.36. The maximum Gasteiger partial charge on any atom is 0.221 e. The van der Waals surface area contributed by atoms with Crippen LogP contribution in [0, 0.1) is 0 Å². The number of hydrogen-bond acceptors (Lipinski definition) is 2. The molecule has 0 saturated heterocycles. The third-order valence-corrected chi connectivity index (χ3v) is 4.14. The summed E-state index contributed by atoms with van der Waals surface area (Å²) in [4.78, 5) is 11.2. The van der Waals surface area contributed by atoms with E-state index in [1.807, 2.05) is 18.2 Å². The lowest BCUT2D eigenvalue weighted by Crippen LogP contribution is -2.18. The van der Waals surface area contributed by atoms with Crippen molar-refractivity contribution < 1.29 is 4.79 Å². The number of carbonyl (C=O) groups excluding carboxylic acids is 1. The average molecular weight is 324 g/mol. The van der Waals surface area contributed by atoms with Crippen LogP contribution in [0.15, 0.2) is 48.5 Å². The zero-order chi connectivity index (χ0) is 17.7. The molecule has 2 rings (SSSR count). The minimum atomic E-state index is -0.0494. The molecular formula is C21H28N2O. The van der Waals surface area contributed by atoms with E-state index in [-0.39, 0.29) is 17.4 Å². The molecule has 128 valence electrons. The molecule has 0 spiro atoms. The number of hydrogen-bond donors (Lipinski definition) is 2. The Bertz CT molecular complexity index is 684. The maximum atomic E-state index is 11.2. The SMILES string of the molecule is CC(=O)Nc1cccc(C(C)NCc2ccc(C(C)(C)C)cc2)c1. The first kappa shape index (κ1) is 18.2. The van der Waals surface area contributed by atoms with Gasteiger partial charge in [0.1, 0.15) is 0 Å². The summed E-state index contributed by atoms with van der Waals surface area (Å²) < 4.78 is 0. The van der Waals surface area contributed by atoms with Crippen molar-refractivity contribution >= 4 is 11.6 Å². The van der Waals surface area contributed by atoms with E-state index in [4.69, 9.17) is 0 Å². The second kappa shape index (κ2) is 7.63. The van der Waals surface area contributed by atoms with E-state index in [0.717, 1.165) is 17.8 Å². The van der Waals surface area contributed by atoms with Gasteiger partial charge in [0, 0.05) is 25.2 Å². The first-order chi connectivity index (χ1) is 11.3. The van der Waals surface area contributed by atoms with Crippen molar-refractivity contribution in [1.82, 2.24) is 5.32 Å². The number of rotatable bonds is 5. The van der Waals surface area contributed by atoms with Crippen molar-refractivity contribution in [2.24, 2.45) is 0 Å². The summed E-state index contributed by atoms with van der Waals surface area (Å²) in [5.74, 6) is -0.0494. The fourth-order valence-corrected chi connectivity index (χ4v) is 2.60. The van der Waals surface area contributed by atoms with Gasteiger partial charge in [0.15, 0.2) is 0 Å². The van der Waals surface area contributed by atoms with Gasteiger partial charge in [-0.25, -0.2) is 0 Å². The Hall–Kier alpha value is -2.13. The van der Waals surface area contributed by atoms with Crippen molar-refractivity contribution in [2.45, 2.75) is 52.6 Å². The van der Waals surface area contributed by atoms with Crippen LogP contribution in [0.5, 0.6) is 0 Å². The molecule has 24 heavy (non-hydrogen) atoms. The topological polar surface area (TPSA) is 41.1 Å². The number of anilines is 1. The number of benzene rings is 2. The quantitative estimate of drug-likeness (QED) is 0.830. The Kier molecular flexibility index (Phi) is 5.79. The molecule has 1 amide bonds. The molecule has 2 N–H and O–H groups in total. The Labute approximate surface area is 145 Å². The highest BCUT2D eigenvalue weighted by Gasteiger charge is 2.13. The van der Waals surface area contributed by atoms with Gasteiger partial charge in [0.25, 0.3) is 0 Å². The minimum absolute atomic E-state index is 0.0494. The van der Waals surface area contributed by atoms with Gasteiger partial charge in [-0.3, -0.25) is 4.79 Å². The summed E-state index contributed by atoms with van der Waals surface area (Å²) >= 11 is 0. The molecule has 3 heteroatoms. The number of nitrogens with one attached hydrogen (secondary N) is 2. The predicted molar refractivity (Wildman–Crippen MR) is 101 cm³/mol. The summed E-state index contributed by atoms with van der Waals surface area (Å²) in [6.45, 7) is 11.2. The van der Waals surface area contributed by atoms with Crippen molar-refractivity contribution in [1.29, 1.82) is 0 Å². The van der Waals surface area contributed by atoms with Crippen LogP contribution in [-0.4, -0.2) is 5.91 Å². The molecule has 0 fully saturated rings. The van der Waals surface area contributed by atoms with Gasteiger partial charge in [0.2, 0.25) is 5.91 Å². The Morgan fingerprint density at radius 2 is 1.75 bits per heavy atom. The second-order valence-corrected chi connectivity index (χ2v) is 7.36. The highest BCUT2D eigenvalue weighted by atomic mass is 16.1. The smallest absolute Gasteiger partial charge is 0.221 e. The van der Waals surface area contributed by atoms with E-state index in [2.05, 4.69) is 68.7 Å². The molecule has 0 aromatic heterocycles. The van der Waals surface area contributed by atoms with Gasteiger partial charge in [0.05, 0.1) is 0 Å². The number of amides is 1. The lowest BCUT2D eigenvalue weighted by molar-refractivity contribution is -0.114. The van der Waals surface area contributed by atoms with Crippen molar-refractivity contribution in [3.63, 3.8) is 0 Å². The zero-order valence-electron chi connectivity index (χ0n) is 15.3. The fraction of sp³-hybridized carbons (Fsp3) is 0.381. The summed E-state index contributed by atoms with van der Waals surface area (Å²) in [7, 11) is 0. The molecule has 0 aliphatic rings. The molecule has 2 aromatic carbocycles. The average Bonchev–Trinajstić information content (AvgIpc) is 2.52. The largest absolute Gasteiger partial charge is 0.326 e. The van der Waals surface area contributed by atoms with Crippen molar-refractivity contribution in [3.05, 3.63) is 65.2 Å². The predicted octanol–water partition coefficient (Wildman–Crippen LogP) is 4.79. The maximum absolute atomic E-state index is 11.2. The Morgan fingerprint density at radius 3 is 2.33 bits per heavy atom. The molecule has 3 nitrogen and oxygen atoms in total. The molecule has 0 aliphatic heterocycles. The summed E-state index contributed by atoms with van der Waals surface area (Å²) in [6, 6.07) is 17.0.